The Labute approximate surface area is 155 Å². The van der Waals surface area contributed by atoms with Crippen molar-refractivity contribution in [3.05, 3.63) is 65.4 Å². The summed E-state index contributed by atoms with van der Waals surface area (Å²) in [6.45, 7) is 0. The van der Waals surface area contributed by atoms with Crippen LogP contribution in [0.2, 0.25) is 5.02 Å². The van der Waals surface area contributed by atoms with Crippen LogP contribution >= 0.6 is 11.6 Å². The van der Waals surface area contributed by atoms with Crippen LogP contribution in [0.5, 0.6) is 5.75 Å². The molecule has 2 aromatic carbocycles. The number of hydrogen-bond acceptors (Lipinski definition) is 5. The molecule has 3 aromatic rings. The van der Waals surface area contributed by atoms with E-state index in [1.54, 1.807) is 36.5 Å². The SMILES string of the molecule is CS(=O)(=O)Oc1ccc2c(NC(=O)Cc3cccc(Cl)c3)cncc2c1. The Hall–Kier alpha value is -2.64. The second-order valence-corrected chi connectivity index (χ2v) is 7.72. The molecule has 0 spiro atoms. The lowest BCUT2D eigenvalue weighted by atomic mass is 10.1. The molecule has 8 heteroatoms. The summed E-state index contributed by atoms with van der Waals surface area (Å²) < 4.78 is 27.4. The van der Waals surface area contributed by atoms with E-state index in [0.29, 0.717) is 16.1 Å². The molecule has 134 valence electrons. The first-order valence-electron chi connectivity index (χ1n) is 7.62. The van der Waals surface area contributed by atoms with Crippen LogP contribution in [0, 0.1) is 0 Å². The molecule has 3 rings (SSSR count). The lowest BCUT2D eigenvalue weighted by Crippen LogP contribution is -2.14. The summed E-state index contributed by atoms with van der Waals surface area (Å²) in [5, 5.41) is 4.75. The molecule has 1 aromatic heterocycles. The second-order valence-electron chi connectivity index (χ2n) is 5.71. The van der Waals surface area contributed by atoms with Gasteiger partial charge in [0, 0.05) is 22.0 Å². The third kappa shape index (κ3) is 4.71. The molecule has 0 unspecified atom stereocenters. The van der Waals surface area contributed by atoms with E-state index in [4.69, 9.17) is 15.8 Å². The van der Waals surface area contributed by atoms with Crippen LogP contribution in [0.4, 0.5) is 5.69 Å². The summed E-state index contributed by atoms with van der Waals surface area (Å²) in [5.41, 5.74) is 1.33. The molecule has 1 heterocycles. The van der Waals surface area contributed by atoms with Gasteiger partial charge in [0.2, 0.25) is 5.91 Å². The minimum absolute atomic E-state index is 0.173. The lowest BCUT2D eigenvalue weighted by molar-refractivity contribution is -0.115. The van der Waals surface area contributed by atoms with Crippen molar-refractivity contribution in [2.45, 2.75) is 6.42 Å². The Morgan fingerprint density at radius 2 is 2.00 bits per heavy atom. The van der Waals surface area contributed by atoms with Gasteiger partial charge >= 0.3 is 10.1 Å². The Balaban J connectivity index is 1.82. The third-order valence-corrected chi connectivity index (χ3v) is 4.24. The van der Waals surface area contributed by atoms with Gasteiger partial charge in [0.25, 0.3) is 0 Å². The monoisotopic (exact) mass is 390 g/mol. The predicted molar refractivity (Wildman–Crippen MR) is 101 cm³/mol. The number of carbonyl (C=O) groups is 1. The number of benzene rings is 2. The van der Waals surface area contributed by atoms with Crippen LogP contribution in [-0.4, -0.2) is 25.6 Å². The van der Waals surface area contributed by atoms with Gasteiger partial charge in [0.05, 0.1) is 24.6 Å². The van der Waals surface area contributed by atoms with Crippen LogP contribution in [-0.2, 0) is 21.3 Å². The minimum Gasteiger partial charge on any atom is -0.383 e. The fourth-order valence-corrected chi connectivity index (χ4v) is 3.17. The standard InChI is InChI=1S/C18H15ClN2O4S/c1-26(23,24)25-15-5-6-16-13(9-15)10-20-11-17(16)21-18(22)8-12-3-2-4-14(19)7-12/h2-7,9-11H,8H2,1H3,(H,21,22). The summed E-state index contributed by atoms with van der Waals surface area (Å²) in [7, 11) is -3.61. The van der Waals surface area contributed by atoms with Gasteiger partial charge in [-0.2, -0.15) is 8.42 Å². The van der Waals surface area contributed by atoms with Crippen LogP contribution in [0.1, 0.15) is 5.56 Å². The van der Waals surface area contributed by atoms with Gasteiger partial charge < -0.3 is 9.50 Å². The van der Waals surface area contributed by atoms with E-state index in [9.17, 15) is 13.2 Å². The Kier molecular flexibility index (Phi) is 5.11. The van der Waals surface area contributed by atoms with Crippen molar-refractivity contribution >= 4 is 44.1 Å². The highest BCUT2D eigenvalue weighted by molar-refractivity contribution is 7.86. The molecule has 0 radical (unpaired) electrons. The maximum Gasteiger partial charge on any atom is 0.306 e. The first kappa shape index (κ1) is 18.2. The number of halogens is 1. The average molecular weight is 391 g/mol. The van der Waals surface area contributed by atoms with E-state index in [1.165, 1.54) is 12.3 Å². The molecule has 26 heavy (non-hydrogen) atoms. The largest absolute Gasteiger partial charge is 0.383 e. The smallest absolute Gasteiger partial charge is 0.306 e. The van der Waals surface area contributed by atoms with E-state index in [0.717, 1.165) is 17.2 Å². The van der Waals surface area contributed by atoms with Crippen LogP contribution in [0.25, 0.3) is 10.8 Å². The van der Waals surface area contributed by atoms with E-state index in [2.05, 4.69) is 10.3 Å². The molecule has 0 atom stereocenters. The molecular weight excluding hydrogens is 376 g/mol. The number of carbonyl (C=O) groups excluding carboxylic acids is 1. The molecule has 0 saturated carbocycles. The highest BCUT2D eigenvalue weighted by Crippen LogP contribution is 2.27. The fourth-order valence-electron chi connectivity index (χ4n) is 2.51. The second kappa shape index (κ2) is 7.31. The molecule has 1 amide bonds. The van der Waals surface area contributed by atoms with Crippen molar-refractivity contribution in [3.63, 3.8) is 0 Å². The van der Waals surface area contributed by atoms with Crippen molar-refractivity contribution in [3.8, 4) is 5.75 Å². The van der Waals surface area contributed by atoms with E-state index in [1.807, 2.05) is 6.07 Å². The Morgan fingerprint density at radius 3 is 2.73 bits per heavy atom. The zero-order valence-corrected chi connectivity index (χ0v) is 15.3. The summed E-state index contributed by atoms with van der Waals surface area (Å²) in [6, 6.07) is 11.8. The molecular formula is C18H15ClN2O4S. The van der Waals surface area contributed by atoms with Crippen LogP contribution in [0.15, 0.2) is 54.9 Å². The average Bonchev–Trinajstić information content (AvgIpc) is 2.53. The number of fused-ring (bicyclic) bond motifs is 1. The van der Waals surface area contributed by atoms with Gasteiger partial charge in [-0.15, -0.1) is 0 Å². The topological polar surface area (TPSA) is 85.4 Å². The molecule has 1 N–H and O–H groups in total. The van der Waals surface area contributed by atoms with E-state index in [-0.39, 0.29) is 18.1 Å². The number of pyridine rings is 1. The molecule has 0 saturated heterocycles. The number of nitrogens with one attached hydrogen (secondary N) is 1. The first-order chi connectivity index (χ1) is 12.3. The van der Waals surface area contributed by atoms with Gasteiger partial charge in [-0.05, 0) is 35.9 Å². The number of hydrogen-bond donors (Lipinski definition) is 1. The van der Waals surface area contributed by atoms with Crippen molar-refractivity contribution in [2.24, 2.45) is 0 Å². The Bertz CT molecular complexity index is 1080. The minimum atomic E-state index is -3.61. The molecule has 0 aliphatic carbocycles. The summed E-state index contributed by atoms with van der Waals surface area (Å²) in [5.74, 6) is -0.0257. The van der Waals surface area contributed by atoms with Gasteiger partial charge in [-0.25, -0.2) is 0 Å². The number of amides is 1. The number of anilines is 1. The van der Waals surface area contributed by atoms with E-state index < -0.39 is 10.1 Å². The van der Waals surface area contributed by atoms with Crippen molar-refractivity contribution in [2.75, 3.05) is 11.6 Å². The molecule has 6 nitrogen and oxygen atoms in total. The molecule has 0 aliphatic heterocycles. The maximum atomic E-state index is 12.3. The molecule has 0 aliphatic rings. The zero-order chi connectivity index (χ0) is 18.7. The van der Waals surface area contributed by atoms with Gasteiger partial charge in [0.15, 0.2) is 0 Å². The quantitative estimate of drug-likeness (QED) is 0.675. The summed E-state index contributed by atoms with van der Waals surface area (Å²) >= 11 is 5.93. The number of rotatable bonds is 5. The van der Waals surface area contributed by atoms with Crippen LogP contribution in [0.3, 0.4) is 0 Å². The fraction of sp³-hybridized carbons (Fsp3) is 0.111. The lowest BCUT2D eigenvalue weighted by Gasteiger charge is -2.10. The molecule has 0 fully saturated rings. The van der Waals surface area contributed by atoms with Crippen molar-refractivity contribution < 1.29 is 17.4 Å². The predicted octanol–water partition coefficient (Wildman–Crippen LogP) is 3.41. The number of nitrogens with zero attached hydrogens (tertiary/aromatic N) is 1. The first-order valence-corrected chi connectivity index (χ1v) is 9.81. The Morgan fingerprint density at radius 1 is 1.19 bits per heavy atom. The summed E-state index contributed by atoms with van der Waals surface area (Å²) in [6.07, 6.45) is 4.25. The zero-order valence-electron chi connectivity index (χ0n) is 13.8. The van der Waals surface area contributed by atoms with Gasteiger partial charge in [-0.1, -0.05) is 23.7 Å². The normalized spacial score (nSPS) is 11.3. The van der Waals surface area contributed by atoms with Crippen molar-refractivity contribution in [1.82, 2.24) is 4.98 Å². The molecule has 0 bridgehead atoms. The maximum absolute atomic E-state index is 12.3. The highest BCUT2D eigenvalue weighted by Gasteiger charge is 2.10. The number of aromatic nitrogens is 1. The third-order valence-electron chi connectivity index (χ3n) is 3.51. The van der Waals surface area contributed by atoms with Gasteiger partial charge in [-0.3, -0.25) is 9.78 Å². The van der Waals surface area contributed by atoms with Crippen LogP contribution < -0.4 is 9.50 Å². The van der Waals surface area contributed by atoms with Gasteiger partial charge in [0.1, 0.15) is 5.75 Å². The van der Waals surface area contributed by atoms with E-state index >= 15 is 0 Å². The highest BCUT2D eigenvalue weighted by atomic mass is 35.5. The summed E-state index contributed by atoms with van der Waals surface area (Å²) in [4.78, 5) is 16.4. The van der Waals surface area contributed by atoms with Crippen molar-refractivity contribution in [1.29, 1.82) is 0 Å².